The van der Waals surface area contributed by atoms with Gasteiger partial charge in [-0.05, 0) is 31.2 Å². The summed E-state index contributed by atoms with van der Waals surface area (Å²) in [4.78, 5) is 16.6. The van der Waals surface area contributed by atoms with Gasteiger partial charge in [0, 0.05) is 16.6 Å². The second-order valence-electron chi connectivity index (χ2n) is 6.92. The number of halogens is 2. The van der Waals surface area contributed by atoms with Crippen LogP contribution in [0.4, 0.5) is 4.39 Å². The van der Waals surface area contributed by atoms with E-state index in [0.29, 0.717) is 39.0 Å². The molecule has 2 N–H and O–H groups in total. The monoisotopic (exact) mass is 455 g/mol. The van der Waals surface area contributed by atoms with Gasteiger partial charge in [-0.25, -0.2) is 9.37 Å². The zero-order chi connectivity index (χ0) is 22.0. The number of carbonyl (C=O) groups is 1. The lowest BCUT2D eigenvalue weighted by atomic mass is 10.2. The number of rotatable bonds is 7. The van der Waals surface area contributed by atoms with E-state index in [0.717, 1.165) is 5.01 Å². The predicted octanol–water partition coefficient (Wildman–Crippen LogP) is 5.44. The minimum absolute atomic E-state index is 0.254. The summed E-state index contributed by atoms with van der Waals surface area (Å²) >= 11 is 7.56. The highest BCUT2D eigenvalue weighted by Crippen LogP contribution is 2.30. The predicted molar refractivity (Wildman–Crippen MR) is 120 cm³/mol. The smallest absolute Gasteiger partial charge is 0.250 e. The average molecular weight is 456 g/mol. The van der Waals surface area contributed by atoms with Crippen molar-refractivity contribution in [2.24, 2.45) is 5.73 Å². The third kappa shape index (κ3) is 4.47. The van der Waals surface area contributed by atoms with Crippen LogP contribution in [0.2, 0.25) is 5.02 Å². The van der Waals surface area contributed by atoms with Gasteiger partial charge >= 0.3 is 0 Å². The molecular formula is C23H19ClFN3O2S. The van der Waals surface area contributed by atoms with Crippen molar-refractivity contribution in [1.29, 1.82) is 0 Å². The molecule has 0 spiro atoms. The maximum atomic E-state index is 14.3. The number of nitrogens with zero attached hydrogens (tertiary/aromatic N) is 2. The van der Waals surface area contributed by atoms with Crippen molar-refractivity contribution in [1.82, 2.24) is 9.55 Å². The minimum atomic E-state index is -0.538. The topological polar surface area (TPSA) is 70.1 Å². The van der Waals surface area contributed by atoms with Crippen molar-refractivity contribution in [2.45, 2.75) is 20.1 Å². The summed E-state index contributed by atoms with van der Waals surface area (Å²) in [5.41, 5.74) is 8.46. The standard InChI is InChI=1S/C23H19ClFN3O2S/c1-14-16(23(26)29)10-20(28(14)11-15-6-2-4-8-18(15)25)19-13-31-22(27-19)12-30-21-9-5-3-7-17(21)24/h2-10,13H,11-12H2,1H3,(H2,26,29). The number of hydrogen-bond acceptors (Lipinski definition) is 4. The molecule has 158 valence electrons. The maximum Gasteiger partial charge on any atom is 0.250 e. The molecule has 0 unspecified atom stereocenters. The summed E-state index contributed by atoms with van der Waals surface area (Å²) in [5, 5.41) is 3.15. The molecule has 0 saturated carbocycles. The lowest BCUT2D eigenvalue weighted by Gasteiger charge is -2.11. The van der Waals surface area contributed by atoms with Crippen LogP contribution in [0.15, 0.2) is 60.0 Å². The number of benzene rings is 2. The molecule has 4 rings (SSSR count). The Morgan fingerprint density at radius 3 is 2.71 bits per heavy atom. The lowest BCUT2D eigenvalue weighted by Crippen LogP contribution is -2.13. The number of aromatic nitrogens is 2. The van der Waals surface area contributed by atoms with Crippen molar-refractivity contribution in [3.05, 3.63) is 92.6 Å². The van der Waals surface area contributed by atoms with Crippen LogP contribution in [0.25, 0.3) is 11.4 Å². The number of thiazole rings is 1. The SMILES string of the molecule is Cc1c(C(N)=O)cc(-c2csc(COc3ccccc3Cl)n2)n1Cc1ccccc1F. The maximum absolute atomic E-state index is 14.3. The fraction of sp³-hybridized carbons (Fsp3) is 0.130. The molecule has 0 atom stereocenters. The molecule has 0 saturated heterocycles. The molecule has 1 amide bonds. The van der Waals surface area contributed by atoms with Crippen LogP contribution in [-0.2, 0) is 13.2 Å². The molecule has 0 fully saturated rings. The largest absolute Gasteiger partial charge is 0.485 e. The van der Waals surface area contributed by atoms with Gasteiger partial charge in [-0.1, -0.05) is 41.9 Å². The van der Waals surface area contributed by atoms with Crippen LogP contribution in [0.3, 0.4) is 0 Å². The Morgan fingerprint density at radius 2 is 1.97 bits per heavy atom. The molecule has 2 aromatic carbocycles. The zero-order valence-electron chi connectivity index (χ0n) is 16.6. The first-order valence-electron chi connectivity index (χ1n) is 9.49. The van der Waals surface area contributed by atoms with Crippen LogP contribution >= 0.6 is 22.9 Å². The number of primary amides is 1. The van der Waals surface area contributed by atoms with E-state index in [4.69, 9.17) is 22.1 Å². The van der Waals surface area contributed by atoms with E-state index in [2.05, 4.69) is 4.98 Å². The molecule has 2 heterocycles. The van der Waals surface area contributed by atoms with E-state index in [-0.39, 0.29) is 19.0 Å². The molecular weight excluding hydrogens is 437 g/mol. The highest BCUT2D eigenvalue weighted by atomic mass is 35.5. The Bertz CT molecular complexity index is 1250. The number of carbonyl (C=O) groups excluding carboxylic acids is 1. The lowest BCUT2D eigenvalue weighted by molar-refractivity contribution is 0.0999. The normalized spacial score (nSPS) is 10.9. The molecule has 5 nitrogen and oxygen atoms in total. The second kappa shape index (κ2) is 8.91. The van der Waals surface area contributed by atoms with Gasteiger partial charge in [-0.15, -0.1) is 11.3 Å². The van der Waals surface area contributed by atoms with Crippen LogP contribution in [0.5, 0.6) is 5.75 Å². The number of nitrogens with two attached hydrogens (primary N) is 1. The van der Waals surface area contributed by atoms with Crippen LogP contribution < -0.4 is 10.5 Å². The van der Waals surface area contributed by atoms with Crippen LogP contribution in [-0.4, -0.2) is 15.5 Å². The Morgan fingerprint density at radius 1 is 1.23 bits per heavy atom. The number of amides is 1. The third-order valence-electron chi connectivity index (χ3n) is 4.92. The highest BCUT2D eigenvalue weighted by molar-refractivity contribution is 7.09. The van der Waals surface area contributed by atoms with Crippen LogP contribution in [0.1, 0.15) is 26.6 Å². The van der Waals surface area contributed by atoms with E-state index >= 15 is 0 Å². The molecule has 31 heavy (non-hydrogen) atoms. The van der Waals surface area contributed by atoms with E-state index in [1.165, 1.54) is 17.4 Å². The van der Waals surface area contributed by atoms with Crippen LogP contribution in [0, 0.1) is 12.7 Å². The molecule has 0 radical (unpaired) electrons. The first-order chi connectivity index (χ1) is 14.9. The first kappa shape index (κ1) is 21.1. The van der Waals surface area contributed by atoms with Gasteiger partial charge in [0.2, 0.25) is 0 Å². The van der Waals surface area contributed by atoms with Crippen molar-refractivity contribution in [2.75, 3.05) is 0 Å². The molecule has 0 bridgehead atoms. The summed E-state index contributed by atoms with van der Waals surface area (Å²) in [6.07, 6.45) is 0. The minimum Gasteiger partial charge on any atom is -0.485 e. The zero-order valence-corrected chi connectivity index (χ0v) is 18.2. The summed E-state index contributed by atoms with van der Waals surface area (Å²) in [7, 11) is 0. The Balaban J connectivity index is 1.64. The van der Waals surface area contributed by atoms with Gasteiger partial charge in [0.15, 0.2) is 0 Å². The van der Waals surface area contributed by atoms with E-state index in [1.54, 1.807) is 43.3 Å². The van der Waals surface area contributed by atoms with Crippen molar-refractivity contribution >= 4 is 28.8 Å². The quantitative estimate of drug-likeness (QED) is 0.403. The van der Waals surface area contributed by atoms with Crippen molar-refractivity contribution in [3.63, 3.8) is 0 Å². The molecule has 0 aliphatic rings. The van der Waals surface area contributed by atoms with E-state index in [1.807, 2.05) is 22.1 Å². The fourth-order valence-electron chi connectivity index (χ4n) is 3.30. The molecule has 4 aromatic rings. The third-order valence-corrected chi connectivity index (χ3v) is 6.05. The highest BCUT2D eigenvalue weighted by Gasteiger charge is 2.20. The summed E-state index contributed by atoms with van der Waals surface area (Å²) in [6.45, 7) is 2.30. The second-order valence-corrected chi connectivity index (χ2v) is 8.27. The summed E-state index contributed by atoms with van der Waals surface area (Å²) in [5.74, 6) is -0.270. The number of ether oxygens (including phenoxy) is 1. The Labute approximate surface area is 187 Å². The number of hydrogen-bond donors (Lipinski definition) is 1. The molecule has 0 aliphatic heterocycles. The van der Waals surface area contributed by atoms with Gasteiger partial charge in [0.05, 0.1) is 28.5 Å². The molecule has 0 aliphatic carbocycles. The molecule has 2 aromatic heterocycles. The van der Waals surface area contributed by atoms with Gasteiger partial charge in [0.25, 0.3) is 5.91 Å². The van der Waals surface area contributed by atoms with Gasteiger partial charge in [-0.2, -0.15) is 0 Å². The Hall–Kier alpha value is -3.16. The van der Waals surface area contributed by atoms with E-state index < -0.39 is 5.91 Å². The van der Waals surface area contributed by atoms with Gasteiger partial charge < -0.3 is 15.0 Å². The molecule has 8 heteroatoms. The number of para-hydroxylation sites is 1. The van der Waals surface area contributed by atoms with E-state index in [9.17, 15) is 9.18 Å². The van der Waals surface area contributed by atoms with Crippen molar-refractivity contribution < 1.29 is 13.9 Å². The van der Waals surface area contributed by atoms with Crippen molar-refractivity contribution in [3.8, 4) is 17.1 Å². The fourth-order valence-corrected chi connectivity index (χ4v) is 4.19. The summed E-state index contributed by atoms with van der Waals surface area (Å²) < 4.78 is 21.9. The Kier molecular flexibility index (Phi) is 6.06. The van der Waals surface area contributed by atoms with Gasteiger partial charge in [0.1, 0.15) is 23.2 Å². The summed E-state index contributed by atoms with van der Waals surface area (Å²) in [6, 6.07) is 15.5. The average Bonchev–Trinajstić information content (AvgIpc) is 3.34. The first-order valence-corrected chi connectivity index (χ1v) is 10.7. The van der Waals surface area contributed by atoms with Gasteiger partial charge in [-0.3, -0.25) is 4.79 Å².